The van der Waals surface area contributed by atoms with Gasteiger partial charge in [-0.15, -0.1) is 11.3 Å². The van der Waals surface area contributed by atoms with E-state index < -0.39 is 0 Å². The lowest BCUT2D eigenvalue weighted by Gasteiger charge is -2.33. The summed E-state index contributed by atoms with van der Waals surface area (Å²) in [5.74, 6) is 0.314. The van der Waals surface area contributed by atoms with Crippen LogP contribution in [0.25, 0.3) is 20.8 Å². The Morgan fingerprint density at radius 3 is 2.52 bits per heavy atom. The zero-order valence-corrected chi connectivity index (χ0v) is 19.4. The minimum absolute atomic E-state index is 0.0336. The van der Waals surface area contributed by atoms with Gasteiger partial charge in [-0.05, 0) is 73.2 Å². The van der Waals surface area contributed by atoms with E-state index in [0.29, 0.717) is 6.54 Å². The number of phenolic OH excluding ortho intramolecular Hbond substituents is 1. The average molecular weight is 460 g/mol. The van der Waals surface area contributed by atoms with E-state index in [-0.39, 0.29) is 11.7 Å². The lowest BCUT2D eigenvalue weighted by atomic mass is 10.2. The van der Waals surface area contributed by atoms with Crippen LogP contribution in [0.1, 0.15) is 5.56 Å². The quantitative estimate of drug-likeness (QED) is 0.428. The van der Waals surface area contributed by atoms with Crippen LogP contribution in [0.3, 0.4) is 0 Å². The molecule has 1 saturated heterocycles. The Morgan fingerprint density at radius 1 is 1.06 bits per heavy atom. The molecule has 0 atom stereocenters. The van der Waals surface area contributed by atoms with E-state index in [4.69, 9.17) is 4.98 Å². The first kappa shape index (κ1) is 21.4. The summed E-state index contributed by atoms with van der Waals surface area (Å²) in [6.07, 6.45) is 0. The number of aromatic nitrogens is 1. The summed E-state index contributed by atoms with van der Waals surface area (Å²) in [6, 6.07) is 21.5. The third kappa shape index (κ3) is 4.99. The molecule has 33 heavy (non-hydrogen) atoms. The van der Waals surface area contributed by atoms with Crippen LogP contribution < -0.4 is 15.1 Å². The van der Waals surface area contributed by atoms with Gasteiger partial charge in [-0.3, -0.25) is 4.79 Å². The molecule has 0 radical (unpaired) electrons. The van der Waals surface area contributed by atoms with E-state index in [1.54, 1.807) is 23.5 Å². The number of thiazole rings is 1. The zero-order chi connectivity index (χ0) is 22.8. The minimum atomic E-state index is 0.0336. The number of hydrogen-bond donors (Lipinski definition) is 3. The van der Waals surface area contributed by atoms with Crippen molar-refractivity contribution >= 4 is 38.8 Å². The van der Waals surface area contributed by atoms with Gasteiger partial charge in [-0.25, -0.2) is 4.98 Å². The van der Waals surface area contributed by atoms with Crippen LogP contribution in [0.15, 0.2) is 66.7 Å². The molecule has 3 aromatic carbocycles. The third-order valence-electron chi connectivity index (χ3n) is 6.06. The smallest absolute Gasteiger partial charge is 0.279 e. The van der Waals surface area contributed by atoms with Gasteiger partial charge in [0.25, 0.3) is 5.91 Å². The maximum Gasteiger partial charge on any atom is 0.279 e. The number of aromatic hydroxyl groups is 1. The molecule has 1 aromatic heterocycles. The number of carbonyl (C=O) groups is 1. The number of rotatable bonds is 5. The van der Waals surface area contributed by atoms with Gasteiger partial charge < -0.3 is 20.2 Å². The normalized spacial score (nSPS) is 14.5. The number of fused-ring (bicyclic) bond motifs is 1. The van der Waals surface area contributed by atoms with E-state index in [2.05, 4.69) is 35.3 Å². The lowest BCUT2D eigenvalue weighted by Crippen LogP contribution is -3.15. The maximum atomic E-state index is 12.6. The van der Waals surface area contributed by atoms with E-state index in [1.807, 2.05) is 36.4 Å². The lowest BCUT2D eigenvalue weighted by molar-refractivity contribution is -0.892. The first-order chi connectivity index (χ1) is 16.0. The molecule has 168 valence electrons. The molecule has 5 rings (SSSR count). The Hall–Kier alpha value is -3.42. The Kier molecular flexibility index (Phi) is 5.98. The number of phenols is 1. The van der Waals surface area contributed by atoms with Gasteiger partial charge in [0.2, 0.25) is 0 Å². The van der Waals surface area contributed by atoms with Gasteiger partial charge in [0.15, 0.2) is 6.54 Å². The highest BCUT2D eigenvalue weighted by atomic mass is 32.1. The molecule has 0 unspecified atom stereocenters. The molecule has 3 N–H and O–H groups in total. The number of nitrogens with zero attached hydrogens (tertiary/aromatic N) is 2. The van der Waals surface area contributed by atoms with Crippen molar-refractivity contribution in [2.45, 2.75) is 6.92 Å². The Balaban J connectivity index is 1.14. The molecule has 7 heteroatoms. The van der Waals surface area contributed by atoms with E-state index in [1.165, 1.54) is 15.2 Å². The Labute approximate surface area is 197 Å². The third-order valence-corrected chi connectivity index (χ3v) is 7.12. The number of piperazine rings is 1. The molecule has 0 bridgehead atoms. The zero-order valence-electron chi connectivity index (χ0n) is 18.5. The van der Waals surface area contributed by atoms with Crippen molar-refractivity contribution in [3.05, 3.63) is 72.3 Å². The van der Waals surface area contributed by atoms with Crippen molar-refractivity contribution in [1.29, 1.82) is 0 Å². The van der Waals surface area contributed by atoms with Gasteiger partial charge in [-0.2, -0.15) is 0 Å². The van der Waals surface area contributed by atoms with Gasteiger partial charge in [0, 0.05) is 16.9 Å². The van der Waals surface area contributed by atoms with Gasteiger partial charge >= 0.3 is 0 Å². The number of benzene rings is 3. The number of aryl methyl sites for hydroxylation is 1. The summed E-state index contributed by atoms with van der Waals surface area (Å²) in [5, 5.41) is 13.5. The van der Waals surface area contributed by atoms with Crippen LogP contribution in [0.4, 0.5) is 11.4 Å². The standard InChI is InChI=1S/C26H26N4O2S/c1-18-2-11-23-24(16-18)33-26(28-23)19-3-5-20(6-4-19)27-25(32)17-29-12-14-30(15-13-29)21-7-9-22(31)10-8-21/h2-11,16,31H,12-15,17H2,1H3,(H,27,32)/p+1. The highest BCUT2D eigenvalue weighted by molar-refractivity contribution is 7.21. The van der Waals surface area contributed by atoms with Crippen molar-refractivity contribution in [2.75, 3.05) is 42.9 Å². The number of amides is 1. The Bertz CT molecular complexity index is 1260. The molecule has 0 spiro atoms. The van der Waals surface area contributed by atoms with E-state index in [9.17, 15) is 9.90 Å². The van der Waals surface area contributed by atoms with Crippen molar-refractivity contribution in [2.24, 2.45) is 0 Å². The number of carbonyl (C=O) groups excluding carboxylic acids is 1. The van der Waals surface area contributed by atoms with Crippen LogP contribution >= 0.6 is 11.3 Å². The first-order valence-corrected chi connectivity index (χ1v) is 12.0. The molecule has 1 aliphatic heterocycles. The predicted molar refractivity (Wildman–Crippen MR) is 134 cm³/mol. The first-order valence-electron chi connectivity index (χ1n) is 11.2. The predicted octanol–water partition coefficient (Wildman–Crippen LogP) is 3.32. The van der Waals surface area contributed by atoms with E-state index >= 15 is 0 Å². The van der Waals surface area contributed by atoms with Crippen molar-refractivity contribution < 1.29 is 14.8 Å². The Morgan fingerprint density at radius 2 is 1.79 bits per heavy atom. The summed E-state index contributed by atoms with van der Waals surface area (Å²) in [4.78, 5) is 20.9. The highest BCUT2D eigenvalue weighted by Crippen LogP contribution is 2.31. The number of anilines is 2. The van der Waals surface area contributed by atoms with Gasteiger partial charge in [0.1, 0.15) is 10.8 Å². The van der Waals surface area contributed by atoms with Crippen molar-refractivity contribution in [3.63, 3.8) is 0 Å². The summed E-state index contributed by atoms with van der Waals surface area (Å²) in [7, 11) is 0. The maximum absolute atomic E-state index is 12.6. The average Bonchev–Trinajstić information content (AvgIpc) is 3.24. The molecule has 1 amide bonds. The molecule has 0 aliphatic carbocycles. The molecule has 2 heterocycles. The van der Waals surface area contributed by atoms with Crippen molar-refractivity contribution in [1.82, 2.24) is 4.98 Å². The van der Waals surface area contributed by atoms with E-state index in [0.717, 1.165) is 53.6 Å². The topological polar surface area (TPSA) is 69.9 Å². The second kappa shape index (κ2) is 9.21. The summed E-state index contributed by atoms with van der Waals surface area (Å²) >= 11 is 1.69. The molecule has 1 aliphatic rings. The van der Waals surface area contributed by atoms with Gasteiger partial charge in [0.05, 0.1) is 36.4 Å². The molecule has 0 saturated carbocycles. The van der Waals surface area contributed by atoms with Crippen LogP contribution in [0.2, 0.25) is 0 Å². The minimum Gasteiger partial charge on any atom is -0.508 e. The number of hydrogen-bond acceptors (Lipinski definition) is 5. The SMILES string of the molecule is Cc1ccc2nc(-c3ccc(NC(=O)C[NH+]4CCN(c5ccc(O)cc5)CC4)cc3)sc2c1. The summed E-state index contributed by atoms with van der Waals surface area (Å²) in [6.45, 7) is 6.15. The van der Waals surface area contributed by atoms with Crippen molar-refractivity contribution in [3.8, 4) is 16.3 Å². The van der Waals surface area contributed by atoms with Crippen LogP contribution in [0.5, 0.6) is 5.75 Å². The molecule has 1 fully saturated rings. The van der Waals surface area contributed by atoms with Crippen LogP contribution in [-0.4, -0.2) is 48.7 Å². The largest absolute Gasteiger partial charge is 0.508 e. The fraction of sp³-hybridized carbons (Fsp3) is 0.231. The molecular weight excluding hydrogens is 432 g/mol. The fourth-order valence-corrected chi connectivity index (χ4v) is 5.27. The monoisotopic (exact) mass is 459 g/mol. The summed E-state index contributed by atoms with van der Waals surface area (Å²) < 4.78 is 1.19. The fourth-order valence-electron chi connectivity index (χ4n) is 4.21. The number of quaternary nitrogens is 1. The second-order valence-electron chi connectivity index (χ2n) is 8.55. The second-order valence-corrected chi connectivity index (χ2v) is 9.58. The highest BCUT2D eigenvalue weighted by Gasteiger charge is 2.22. The summed E-state index contributed by atoms with van der Waals surface area (Å²) in [5.41, 5.74) is 5.23. The van der Waals surface area contributed by atoms with Crippen LogP contribution in [-0.2, 0) is 4.79 Å². The molecular formula is C26H27N4O2S+. The molecule has 4 aromatic rings. The van der Waals surface area contributed by atoms with Gasteiger partial charge in [-0.1, -0.05) is 6.07 Å². The van der Waals surface area contributed by atoms with Crippen LogP contribution in [0, 0.1) is 6.92 Å². The molecule has 6 nitrogen and oxygen atoms in total. The number of nitrogens with one attached hydrogen (secondary N) is 2.